The van der Waals surface area contributed by atoms with Gasteiger partial charge in [0.25, 0.3) is 10.0 Å². The third-order valence-corrected chi connectivity index (χ3v) is 4.87. The predicted octanol–water partition coefficient (Wildman–Crippen LogP) is 1.32. The first-order valence-corrected chi connectivity index (χ1v) is 8.56. The SMILES string of the molecule is COC(=O)COc1ccc(S(=O)(=O)N(N)c2cccc(OC)c2)cc1. The highest BCUT2D eigenvalue weighted by atomic mass is 32.2. The topological polar surface area (TPSA) is 108 Å². The van der Waals surface area contributed by atoms with Gasteiger partial charge in [0.05, 0.1) is 24.8 Å². The number of esters is 1. The molecule has 0 aliphatic rings. The van der Waals surface area contributed by atoms with Gasteiger partial charge < -0.3 is 14.2 Å². The molecule has 0 spiro atoms. The first kappa shape index (κ1) is 18.6. The summed E-state index contributed by atoms with van der Waals surface area (Å²) in [6.45, 7) is -0.268. The van der Waals surface area contributed by atoms with Gasteiger partial charge in [-0.1, -0.05) is 6.07 Å². The molecule has 0 aliphatic carbocycles. The van der Waals surface area contributed by atoms with E-state index >= 15 is 0 Å². The van der Waals surface area contributed by atoms with Gasteiger partial charge in [-0.3, -0.25) is 0 Å². The molecule has 0 aromatic heterocycles. The Labute approximate surface area is 145 Å². The third-order valence-electron chi connectivity index (χ3n) is 3.27. The molecule has 0 atom stereocenters. The number of rotatable bonds is 7. The lowest BCUT2D eigenvalue weighted by Crippen LogP contribution is -2.37. The number of hydrogen-bond donors (Lipinski definition) is 1. The molecule has 0 amide bonds. The van der Waals surface area contributed by atoms with Gasteiger partial charge in [-0.2, -0.15) is 8.42 Å². The quantitative estimate of drug-likeness (QED) is 0.447. The van der Waals surface area contributed by atoms with Crippen LogP contribution in [0.3, 0.4) is 0 Å². The summed E-state index contributed by atoms with van der Waals surface area (Å²) in [6.07, 6.45) is 0. The van der Waals surface area contributed by atoms with Crippen LogP contribution in [0.4, 0.5) is 5.69 Å². The summed E-state index contributed by atoms with van der Waals surface area (Å²) in [6, 6.07) is 11.9. The second-order valence-electron chi connectivity index (χ2n) is 4.84. The number of ether oxygens (including phenoxy) is 3. The van der Waals surface area contributed by atoms with E-state index in [4.69, 9.17) is 15.3 Å². The molecule has 0 aliphatic heterocycles. The number of hydrazine groups is 1. The molecule has 2 N–H and O–H groups in total. The first-order chi connectivity index (χ1) is 11.9. The summed E-state index contributed by atoms with van der Waals surface area (Å²) in [4.78, 5) is 11.0. The van der Waals surface area contributed by atoms with E-state index in [-0.39, 0.29) is 17.2 Å². The van der Waals surface area contributed by atoms with Crippen molar-refractivity contribution < 1.29 is 27.4 Å². The van der Waals surface area contributed by atoms with Crippen LogP contribution in [0.15, 0.2) is 53.4 Å². The minimum Gasteiger partial charge on any atom is -0.497 e. The summed E-state index contributed by atoms with van der Waals surface area (Å²) in [7, 11) is -1.24. The molecule has 0 fully saturated rings. The van der Waals surface area contributed by atoms with Crippen molar-refractivity contribution in [2.45, 2.75) is 4.90 Å². The second-order valence-corrected chi connectivity index (χ2v) is 6.65. The van der Waals surface area contributed by atoms with Crippen molar-refractivity contribution >= 4 is 21.7 Å². The number of carbonyl (C=O) groups excluding carboxylic acids is 1. The number of anilines is 1. The van der Waals surface area contributed by atoms with E-state index in [9.17, 15) is 13.2 Å². The fraction of sp³-hybridized carbons (Fsp3) is 0.188. The Balaban J connectivity index is 2.19. The molecule has 25 heavy (non-hydrogen) atoms. The summed E-state index contributed by atoms with van der Waals surface area (Å²) >= 11 is 0. The lowest BCUT2D eigenvalue weighted by atomic mass is 10.3. The van der Waals surface area contributed by atoms with Crippen LogP contribution in [0.25, 0.3) is 0 Å². The van der Waals surface area contributed by atoms with Gasteiger partial charge in [-0.05, 0) is 36.4 Å². The van der Waals surface area contributed by atoms with E-state index in [0.29, 0.717) is 15.9 Å². The predicted molar refractivity (Wildman–Crippen MR) is 90.8 cm³/mol. The van der Waals surface area contributed by atoms with Gasteiger partial charge in [0.2, 0.25) is 0 Å². The summed E-state index contributed by atoms with van der Waals surface area (Å²) in [5, 5.41) is 0. The molecule has 0 heterocycles. The van der Waals surface area contributed by atoms with E-state index < -0.39 is 16.0 Å². The van der Waals surface area contributed by atoms with Crippen LogP contribution in [0, 0.1) is 0 Å². The van der Waals surface area contributed by atoms with E-state index in [1.54, 1.807) is 18.2 Å². The molecular formula is C16H18N2O6S. The summed E-state index contributed by atoms with van der Waals surface area (Å²) < 4.78 is 40.6. The van der Waals surface area contributed by atoms with Crippen LogP contribution in [0.1, 0.15) is 0 Å². The second kappa shape index (κ2) is 7.86. The number of sulfonamides is 1. The molecule has 0 unspecified atom stereocenters. The lowest BCUT2D eigenvalue weighted by Gasteiger charge is -2.19. The maximum Gasteiger partial charge on any atom is 0.343 e. The Bertz CT molecular complexity index is 836. The van der Waals surface area contributed by atoms with Crippen LogP contribution in [0.5, 0.6) is 11.5 Å². The zero-order valence-electron chi connectivity index (χ0n) is 13.7. The van der Waals surface area contributed by atoms with Crippen molar-refractivity contribution in [3.05, 3.63) is 48.5 Å². The highest BCUT2D eigenvalue weighted by molar-refractivity contribution is 7.92. The van der Waals surface area contributed by atoms with Crippen LogP contribution in [-0.2, 0) is 19.6 Å². The van der Waals surface area contributed by atoms with Gasteiger partial charge in [0, 0.05) is 6.07 Å². The van der Waals surface area contributed by atoms with Gasteiger partial charge in [-0.25, -0.2) is 15.1 Å². The standard InChI is InChI=1S/C16H18N2O6S/c1-22-14-5-3-4-12(10-14)18(17)25(20,21)15-8-6-13(7-9-15)24-11-16(19)23-2/h3-10H,11,17H2,1-2H3. The summed E-state index contributed by atoms with van der Waals surface area (Å²) in [5.41, 5.74) is 0.255. The van der Waals surface area contributed by atoms with Crippen molar-refractivity contribution in [1.29, 1.82) is 0 Å². The monoisotopic (exact) mass is 366 g/mol. The molecule has 2 aromatic carbocycles. The smallest absolute Gasteiger partial charge is 0.343 e. The molecule has 2 rings (SSSR count). The van der Waals surface area contributed by atoms with E-state index in [1.807, 2.05) is 0 Å². The highest BCUT2D eigenvalue weighted by Crippen LogP contribution is 2.25. The van der Waals surface area contributed by atoms with E-state index in [2.05, 4.69) is 4.74 Å². The van der Waals surface area contributed by atoms with Crippen molar-refractivity contribution in [3.8, 4) is 11.5 Å². The molecule has 2 aromatic rings. The van der Waals surface area contributed by atoms with Gasteiger partial charge in [0.1, 0.15) is 11.5 Å². The van der Waals surface area contributed by atoms with E-state index in [0.717, 1.165) is 0 Å². The van der Waals surface area contributed by atoms with Crippen molar-refractivity contribution in [2.24, 2.45) is 5.84 Å². The van der Waals surface area contributed by atoms with Crippen LogP contribution >= 0.6 is 0 Å². The first-order valence-electron chi connectivity index (χ1n) is 7.12. The molecule has 134 valence electrons. The Hall–Kier alpha value is -2.78. The van der Waals surface area contributed by atoms with Gasteiger partial charge in [-0.15, -0.1) is 0 Å². The summed E-state index contributed by atoms with van der Waals surface area (Å²) in [5.74, 6) is 6.05. The van der Waals surface area contributed by atoms with Crippen molar-refractivity contribution in [3.63, 3.8) is 0 Å². The molecule has 0 saturated heterocycles. The van der Waals surface area contributed by atoms with Gasteiger partial charge in [0.15, 0.2) is 6.61 Å². The maximum absolute atomic E-state index is 12.6. The van der Waals surface area contributed by atoms with E-state index in [1.165, 1.54) is 44.6 Å². The maximum atomic E-state index is 12.6. The minimum absolute atomic E-state index is 0.0248. The molecular weight excluding hydrogens is 348 g/mol. The fourth-order valence-electron chi connectivity index (χ4n) is 1.91. The Morgan fingerprint density at radius 1 is 1.08 bits per heavy atom. The largest absolute Gasteiger partial charge is 0.497 e. The number of methoxy groups -OCH3 is 2. The zero-order chi connectivity index (χ0) is 18.4. The number of nitrogens with two attached hydrogens (primary N) is 1. The Kier molecular flexibility index (Phi) is 5.84. The fourth-order valence-corrected chi connectivity index (χ4v) is 3.01. The highest BCUT2D eigenvalue weighted by Gasteiger charge is 2.22. The number of carbonyl (C=O) groups is 1. The number of benzene rings is 2. The molecule has 8 nitrogen and oxygen atoms in total. The molecule has 0 radical (unpaired) electrons. The van der Waals surface area contributed by atoms with Crippen molar-refractivity contribution in [1.82, 2.24) is 0 Å². The van der Waals surface area contributed by atoms with Crippen molar-refractivity contribution in [2.75, 3.05) is 25.2 Å². The third kappa shape index (κ3) is 4.40. The van der Waals surface area contributed by atoms with Crippen LogP contribution in [-0.4, -0.2) is 35.2 Å². The Morgan fingerprint density at radius 2 is 1.76 bits per heavy atom. The lowest BCUT2D eigenvalue weighted by molar-refractivity contribution is -0.142. The minimum atomic E-state index is -3.96. The molecule has 0 bridgehead atoms. The number of nitrogens with zero attached hydrogens (tertiary/aromatic N) is 1. The normalized spacial score (nSPS) is 10.8. The molecule has 0 saturated carbocycles. The average Bonchev–Trinajstić information content (AvgIpc) is 2.65. The van der Waals surface area contributed by atoms with Crippen LogP contribution in [0.2, 0.25) is 0 Å². The van der Waals surface area contributed by atoms with Gasteiger partial charge >= 0.3 is 5.97 Å². The average molecular weight is 366 g/mol. The zero-order valence-corrected chi connectivity index (χ0v) is 14.5. The number of hydrogen-bond acceptors (Lipinski definition) is 7. The Morgan fingerprint density at radius 3 is 2.36 bits per heavy atom. The molecule has 9 heteroatoms. The van der Waals surface area contributed by atoms with Crippen LogP contribution < -0.4 is 19.7 Å².